The molecule has 1 fully saturated rings. The summed E-state index contributed by atoms with van der Waals surface area (Å²) in [5, 5.41) is 13.8. The van der Waals surface area contributed by atoms with E-state index in [1.807, 2.05) is 0 Å². The standard InChI is InChI=1S/C10H17Cl2NO/c11-6-9(12)7-13-8-10(14)4-2-1-3-5-10/h6,13-14H,1-5,7-8H2. The van der Waals surface area contributed by atoms with Crippen LogP contribution in [0.1, 0.15) is 32.1 Å². The molecule has 1 aliphatic rings. The fraction of sp³-hybridized carbons (Fsp3) is 0.800. The first-order valence-corrected chi connectivity index (χ1v) is 5.86. The number of nitrogens with one attached hydrogen (secondary N) is 1. The van der Waals surface area contributed by atoms with Crippen molar-refractivity contribution in [2.24, 2.45) is 0 Å². The van der Waals surface area contributed by atoms with Gasteiger partial charge in [-0.25, -0.2) is 0 Å². The average molecular weight is 238 g/mol. The van der Waals surface area contributed by atoms with Crippen LogP contribution < -0.4 is 5.32 Å². The summed E-state index contributed by atoms with van der Waals surface area (Å²) >= 11 is 11.1. The summed E-state index contributed by atoms with van der Waals surface area (Å²) in [4.78, 5) is 0. The fourth-order valence-electron chi connectivity index (χ4n) is 1.84. The zero-order chi connectivity index (χ0) is 10.4. The molecule has 0 spiro atoms. The maximum Gasteiger partial charge on any atom is 0.0771 e. The highest BCUT2D eigenvalue weighted by atomic mass is 35.5. The Morgan fingerprint density at radius 1 is 1.36 bits per heavy atom. The van der Waals surface area contributed by atoms with Crippen LogP contribution in [0.4, 0.5) is 0 Å². The first-order valence-electron chi connectivity index (χ1n) is 5.04. The molecule has 14 heavy (non-hydrogen) atoms. The van der Waals surface area contributed by atoms with Gasteiger partial charge in [-0.3, -0.25) is 0 Å². The Morgan fingerprint density at radius 3 is 2.57 bits per heavy atom. The summed E-state index contributed by atoms with van der Waals surface area (Å²) in [5.41, 5.74) is 0.821. The Labute approximate surface area is 95.3 Å². The summed E-state index contributed by atoms with van der Waals surface area (Å²) < 4.78 is 0. The maximum atomic E-state index is 10.1. The molecule has 0 amide bonds. The van der Waals surface area contributed by atoms with Gasteiger partial charge in [-0.1, -0.05) is 42.5 Å². The molecule has 4 heteroatoms. The number of halogens is 2. The summed E-state index contributed by atoms with van der Waals surface area (Å²) in [5.74, 6) is 0. The molecule has 0 unspecified atom stereocenters. The van der Waals surface area contributed by atoms with Gasteiger partial charge in [0.1, 0.15) is 0 Å². The fourth-order valence-corrected chi connectivity index (χ4v) is 2.01. The van der Waals surface area contributed by atoms with Crippen LogP contribution in [0.15, 0.2) is 10.6 Å². The van der Waals surface area contributed by atoms with Crippen molar-refractivity contribution in [1.82, 2.24) is 5.32 Å². The molecule has 82 valence electrons. The quantitative estimate of drug-likeness (QED) is 0.789. The normalized spacial score (nSPS) is 22.4. The predicted octanol–water partition coefficient (Wildman–Crippen LogP) is 2.59. The van der Waals surface area contributed by atoms with E-state index in [0.29, 0.717) is 18.1 Å². The van der Waals surface area contributed by atoms with Crippen molar-refractivity contribution in [2.75, 3.05) is 13.1 Å². The molecule has 1 saturated carbocycles. The van der Waals surface area contributed by atoms with Crippen LogP contribution in [-0.4, -0.2) is 23.8 Å². The van der Waals surface area contributed by atoms with Gasteiger partial charge in [0.05, 0.1) is 5.60 Å². The van der Waals surface area contributed by atoms with Crippen molar-refractivity contribution in [3.63, 3.8) is 0 Å². The lowest BCUT2D eigenvalue weighted by Gasteiger charge is -2.32. The third-order valence-corrected chi connectivity index (χ3v) is 3.27. The van der Waals surface area contributed by atoms with E-state index in [2.05, 4.69) is 5.32 Å². The van der Waals surface area contributed by atoms with Gasteiger partial charge in [-0.15, -0.1) is 0 Å². The van der Waals surface area contributed by atoms with Crippen LogP contribution in [0.25, 0.3) is 0 Å². The zero-order valence-corrected chi connectivity index (χ0v) is 9.74. The van der Waals surface area contributed by atoms with Crippen molar-refractivity contribution in [2.45, 2.75) is 37.7 Å². The molecule has 2 N–H and O–H groups in total. The highest BCUT2D eigenvalue weighted by molar-refractivity contribution is 6.36. The van der Waals surface area contributed by atoms with E-state index in [0.717, 1.165) is 25.7 Å². The minimum Gasteiger partial charge on any atom is -0.389 e. The topological polar surface area (TPSA) is 32.3 Å². The summed E-state index contributed by atoms with van der Waals surface area (Å²) in [7, 11) is 0. The van der Waals surface area contributed by atoms with Gasteiger partial charge >= 0.3 is 0 Å². The van der Waals surface area contributed by atoms with Gasteiger partial charge in [0.15, 0.2) is 0 Å². The molecule has 0 aromatic heterocycles. The minimum absolute atomic E-state index is 0.526. The SMILES string of the molecule is OC1(CNCC(Cl)=CCl)CCCCC1. The van der Waals surface area contributed by atoms with E-state index in [9.17, 15) is 5.11 Å². The number of aliphatic hydroxyl groups is 1. The third kappa shape index (κ3) is 4.18. The molecule has 0 aromatic rings. The Kier molecular flexibility index (Phi) is 5.24. The van der Waals surface area contributed by atoms with Crippen LogP contribution in [-0.2, 0) is 0 Å². The molecule has 0 aromatic carbocycles. The summed E-state index contributed by atoms with van der Waals surface area (Å²) in [6.07, 6.45) is 5.27. The third-order valence-electron chi connectivity index (χ3n) is 2.65. The molecule has 0 heterocycles. The van der Waals surface area contributed by atoms with Crippen molar-refractivity contribution in [3.05, 3.63) is 10.6 Å². The second kappa shape index (κ2) is 5.96. The van der Waals surface area contributed by atoms with Crippen LogP contribution in [0.3, 0.4) is 0 Å². The zero-order valence-electron chi connectivity index (χ0n) is 8.23. The van der Waals surface area contributed by atoms with Crippen molar-refractivity contribution < 1.29 is 5.11 Å². The number of hydrogen-bond acceptors (Lipinski definition) is 2. The highest BCUT2D eigenvalue weighted by Gasteiger charge is 2.28. The lowest BCUT2D eigenvalue weighted by molar-refractivity contribution is 0.00570. The van der Waals surface area contributed by atoms with Crippen LogP contribution in [0.5, 0.6) is 0 Å². The van der Waals surface area contributed by atoms with Gasteiger partial charge in [-0.05, 0) is 12.8 Å². The molecule has 0 saturated heterocycles. The van der Waals surface area contributed by atoms with E-state index >= 15 is 0 Å². The molecule has 2 nitrogen and oxygen atoms in total. The van der Waals surface area contributed by atoms with E-state index in [4.69, 9.17) is 23.2 Å². The molecular weight excluding hydrogens is 221 g/mol. The Morgan fingerprint density at radius 2 is 2.00 bits per heavy atom. The van der Waals surface area contributed by atoms with Crippen LogP contribution in [0, 0.1) is 0 Å². The Hall–Kier alpha value is 0.240. The van der Waals surface area contributed by atoms with Gasteiger partial charge in [0.2, 0.25) is 0 Å². The van der Waals surface area contributed by atoms with Gasteiger partial charge in [-0.2, -0.15) is 0 Å². The molecule has 1 aliphatic carbocycles. The van der Waals surface area contributed by atoms with Gasteiger partial charge in [0, 0.05) is 23.7 Å². The van der Waals surface area contributed by atoms with E-state index < -0.39 is 5.60 Å². The summed E-state index contributed by atoms with van der Waals surface area (Å²) in [6.45, 7) is 1.14. The van der Waals surface area contributed by atoms with Crippen LogP contribution >= 0.6 is 23.2 Å². The second-order valence-electron chi connectivity index (χ2n) is 3.94. The molecular formula is C10H17Cl2NO. The second-order valence-corrected chi connectivity index (χ2v) is 4.65. The largest absolute Gasteiger partial charge is 0.389 e. The summed E-state index contributed by atoms with van der Waals surface area (Å²) in [6, 6.07) is 0. The number of hydrogen-bond donors (Lipinski definition) is 2. The lowest BCUT2D eigenvalue weighted by Crippen LogP contribution is -2.42. The van der Waals surface area contributed by atoms with E-state index in [-0.39, 0.29) is 0 Å². The number of rotatable bonds is 4. The van der Waals surface area contributed by atoms with Crippen molar-refractivity contribution in [1.29, 1.82) is 0 Å². The molecule has 0 radical (unpaired) electrons. The van der Waals surface area contributed by atoms with Gasteiger partial charge < -0.3 is 10.4 Å². The van der Waals surface area contributed by atoms with Crippen molar-refractivity contribution in [3.8, 4) is 0 Å². The smallest absolute Gasteiger partial charge is 0.0771 e. The molecule has 1 rings (SSSR count). The Balaban J connectivity index is 2.22. The molecule has 0 aliphatic heterocycles. The van der Waals surface area contributed by atoms with E-state index in [1.54, 1.807) is 0 Å². The predicted molar refractivity (Wildman–Crippen MR) is 60.7 cm³/mol. The average Bonchev–Trinajstić information content (AvgIpc) is 2.18. The Bertz CT molecular complexity index is 200. The van der Waals surface area contributed by atoms with Crippen molar-refractivity contribution >= 4 is 23.2 Å². The monoisotopic (exact) mass is 237 g/mol. The minimum atomic E-state index is -0.526. The van der Waals surface area contributed by atoms with Gasteiger partial charge in [0.25, 0.3) is 0 Å². The lowest BCUT2D eigenvalue weighted by atomic mass is 9.85. The molecule has 0 atom stereocenters. The highest BCUT2D eigenvalue weighted by Crippen LogP contribution is 2.27. The van der Waals surface area contributed by atoms with Crippen LogP contribution in [0.2, 0.25) is 0 Å². The maximum absolute atomic E-state index is 10.1. The first-order chi connectivity index (χ1) is 6.66. The van der Waals surface area contributed by atoms with E-state index in [1.165, 1.54) is 12.0 Å². The first kappa shape index (κ1) is 12.3. The molecule has 0 bridgehead atoms.